The molecule has 0 aliphatic heterocycles. The van der Waals surface area contributed by atoms with E-state index in [4.69, 9.17) is 14.6 Å². The predicted molar refractivity (Wildman–Crippen MR) is 149 cm³/mol. The number of carbonyl (C=O) groups is 2. The molecule has 1 aliphatic rings. The van der Waals surface area contributed by atoms with Crippen LogP contribution in [-0.2, 0) is 38.7 Å². The second-order valence-corrected chi connectivity index (χ2v) is 9.89. The van der Waals surface area contributed by atoms with Gasteiger partial charge in [-0.25, -0.2) is 0 Å². The van der Waals surface area contributed by atoms with Gasteiger partial charge < -0.3 is 40.5 Å². The molecule has 0 unspecified atom stereocenters. The topological polar surface area (TPSA) is 158 Å². The lowest BCUT2D eigenvalue weighted by Gasteiger charge is -2.31. The minimum atomic E-state index is -1.90. The molecule has 10 heteroatoms. The quantitative estimate of drug-likeness (QED) is 0.168. The van der Waals surface area contributed by atoms with Crippen LogP contribution in [0.4, 0.5) is 0 Å². The van der Waals surface area contributed by atoms with Gasteiger partial charge in [0.15, 0.2) is 12.2 Å². The summed E-state index contributed by atoms with van der Waals surface area (Å²) in [5.41, 5.74) is 3.08. The molecule has 0 aromatic heterocycles. The van der Waals surface area contributed by atoms with Crippen molar-refractivity contribution in [1.29, 1.82) is 0 Å². The maximum atomic E-state index is 13.6. The summed E-state index contributed by atoms with van der Waals surface area (Å²) in [7, 11) is 0. The Morgan fingerprint density at radius 2 is 1.29 bits per heavy atom. The van der Waals surface area contributed by atoms with Crippen molar-refractivity contribution in [3.05, 3.63) is 107 Å². The Morgan fingerprint density at radius 3 is 1.85 bits per heavy atom. The fraction of sp³-hybridized carbons (Fsp3) is 0.355. The Balaban J connectivity index is 1.55. The van der Waals surface area contributed by atoms with Crippen LogP contribution in [0, 0.1) is 0 Å². The third-order valence-corrected chi connectivity index (χ3v) is 6.94. The summed E-state index contributed by atoms with van der Waals surface area (Å²) in [6.45, 7) is -0.570. The third kappa shape index (κ3) is 7.98. The second kappa shape index (κ2) is 14.8. The van der Waals surface area contributed by atoms with Gasteiger partial charge >= 0.3 is 0 Å². The van der Waals surface area contributed by atoms with Crippen molar-refractivity contribution in [3.63, 3.8) is 0 Å². The van der Waals surface area contributed by atoms with Gasteiger partial charge in [-0.05, 0) is 22.3 Å². The summed E-state index contributed by atoms with van der Waals surface area (Å²) in [5.74, 6) is -1.55. The van der Waals surface area contributed by atoms with Gasteiger partial charge in [0.05, 0.1) is 32.0 Å². The highest BCUT2D eigenvalue weighted by molar-refractivity contribution is 5.84. The molecule has 0 heterocycles. The zero-order valence-electron chi connectivity index (χ0n) is 22.5. The highest BCUT2D eigenvalue weighted by Crippen LogP contribution is 2.31. The van der Waals surface area contributed by atoms with E-state index in [1.165, 1.54) is 0 Å². The molecule has 0 bridgehead atoms. The molecule has 4 rings (SSSR count). The van der Waals surface area contributed by atoms with Gasteiger partial charge in [0.25, 0.3) is 11.8 Å². The van der Waals surface area contributed by atoms with E-state index in [1.54, 1.807) is 60.7 Å². The van der Waals surface area contributed by atoms with Gasteiger partial charge in [0.1, 0.15) is 12.2 Å². The molecular weight excluding hydrogens is 528 g/mol. The Bertz CT molecular complexity index is 1260. The number of ether oxygens (including phenoxy) is 2. The first-order chi connectivity index (χ1) is 19.9. The van der Waals surface area contributed by atoms with Gasteiger partial charge in [-0.3, -0.25) is 9.59 Å². The first-order valence-electron chi connectivity index (χ1n) is 13.5. The van der Waals surface area contributed by atoms with Crippen molar-refractivity contribution < 1.29 is 39.5 Å². The maximum Gasteiger partial charge on any atom is 0.252 e. The van der Waals surface area contributed by atoms with Crippen LogP contribution in [0.3, 0.4) is 0 Å². The summed E-state index contributed by atoms with van der Waals surface area (Å²) in [6, 6.07) is 24.5. The monoisotopic (exact) mass is 564 g/mol. The third-order valence-electron chi connectivity index (χ3n) is 6.94. The summed E-state index contributed by atoms with van der Waals surface area (Å²) in [6.07, 6.45) is -7.54. The smallest absolute Gasteiger partial charge is 0.252 e. The maximum absolute atomic E-state index is 13.6. The molecule has 3 aromatic carbocycles. The molecule has 6 N–H and O–H groups in total. The average molecular weight is 565 g/mol. The first kappa shape index (κ1) is 30.3. The van der Waals surface area contributed by atoms with Gasteiger partial charge in [0, 0.05) is 13.0 Å². The zero-order chi connectivity index (χ0) is 29.2. The SMILES string of the molecule is O=C(NCCO)[C@H](OCc1ccccc1)[C@H](O)[C@@H](O)[C@@H](OCc1ccccc1)C(=O)N[C@@H]1c2ccccc2C[C@@H]1O. The number of nitrogens with one attached hydrogen (secondary N) is 2. The predicted octanol–water partition coefficient (Wildman–Crippen LogP) is 0.762. The number of carbonyl (C=O) groups excluding carboxylic acids is 2. The van der Waals surface area contributed by atoms with E-state index >= 15 is 0 Å². The van der Waals surface area contributed by atoms with E-state index in [1.807, 2.05) is 24.3 Å². The highest BCUT2D eigenvalue weighted by atomic mass is 16.5. The second-order valence-electron chi connectivity index (χ2n) is 9.89. The summed E-state index contributed by atoms with van der Waals surface area (Å²) in [4.78, 5) is 26.5. The Kier molecular flexibility index (Phi) is 11.0. The van der Waals surface area contributed by atoms with Crippen LogP contribution in [0.5, 0.6) is 0 Å². The number of rotatable bonds is 14. The molecule has 6 atom stereocenters. The molecular formula is C31H36N2O8. The van der Waals surface area contributed by atoms with Crippen LogP contribution in [-0.4, -0.2) is 75.9 Å². The molecule has 0 spiro atoms. The van der Waals surface area contributed by atoms with E-state index in [0.717, 1.165) is 22.3 Å². The molecule has 1 aliphatic carbocycles. The molecule has 0 fully saturated rings. The number of benzene rings is 3. The standard InChI is InChI=1S/C31H36N2O8/c34-16-15-32-30(38)28(40-18-20-9-3-1-4-10-20)26(36)27(37)29(41-19-21-11-5-2-6-12-21)31(39)33-25-23-14-8-7-13-22(23)17-24(25)35/h1-14,24-29,34-37H,15-19H2,(H,32,38)(H,33,39)/t24-,25+,26+,27+,28+,29+/m0/s1. The lowest BCUT2D eigenvalue weighted by molar-refractivity contribution is -0.171. The lowest BCUT2D eigenvalue weighted by atomic mass is 10.00. The minimum Gasteiger partial charge on any atom is -0.395 e. The van der Waals surface area contributed by atoms with E-state index in [9.17, 15) is 24.9 Å². The Labute approximate surface area is 238 Å². The molecule has 41 heavy (non-hydrogen) atoms. The van der Waals surface area contributed by atoms with Gasteiger partial charge in [-0.15, -0.1) is 0 Å². The summed E-state index contributed by atoms with van der Waals surface area (Å²) in [5, 5.41) is 47.5. The summed E-state index contributed by atoms with van der Waals surface area (Å²) >= 11 is 0. The van der Waals surface area contributed by atoms with E-state index in [0.29, 0.717) is 6.42 Å². The molecule has 10 nitrogen and oxygen atoms in total. The van der Waals surface area contributed by atoms with Gasteiger partial charge in [-0.2, -0.15) is 0 Å². The fourth-order valence-electron chi connectivity index (χ4n) is 4.80. The molecule has 0 radical (unpaired) electrons. The van der Waals surface area contributed by atoms with Gasteiger partial charge in [-0.1, -0.05) is 84.9 Å². The molecule has 0 saturated carbocycles. The zero-order valence-corrected chi connectivity index (χ0v) is 22.5. The van der Waals surface area contributed by atoms with E-state index < -0.39 is 48.4 Å². The average Bonchev–Trinajstić information content (AvgIpc) is 3.31. The van der Waals surface area contributed by atoms with Crippen molar-refractivity contribution >= 4 is 11.8 Å². The van der Waals surface area contributed by atoms with Gasteiger partial charge in [0.2, 0.25) is 0 Å². The van der Waals surface area contributed by atoms with E-state index in [2.05, 4.69) is 10.6 Å². The normalized spacial score (nSPS) is 19.0. The molecule has 3 aromatic rings. The number of hydrogen-bond acceptors (Lipinski definition) is 8. The lowest BCUT2D eigenvalue weighted by Crippen LogP contribution is -2.56. The van der Waals surface area contributed by atoms with E-state index in [-0.39, 0.29) is 26.4 Å². The van der Waals surface area contributed by atoms with Crippen molar-refractivity contribution in [2.24, 2.45) is 0 Å². The minimum absolute atomic E-state index is 0.0609. The van der Waals surface area contributed by atoms with Crippen LogP contribution in [0.25, 0.3) is 0 Å². The Morgan fingerprint density at radius 1 is 0.780 bits per heavy atom. The Hall–Kier alpha value is -3.64. The van der Waals surface area contributed by atoms with Crippen LogP contribution in [0.15, 0.2) is 84.9 Å². The molecule has 0 saturated heterocycles. The number of aliphatic hydroxyl groups is 4. The highest BCUT2D eigenvalue weighted by Gasteiger charge is 2.42. The number of fused-ring (bicyclic) bond motifs is 1. The fourth-order valence-corrected chi connectivity index (χ4v) is 4.80. The number of amides is 2. The van der Waals surface area contributed by atoms with Crippen LogP contribution in [0.2, 0.25) is 0 Å². The van der Waals surface area contributed by atoms with Crippen molar-refractivity contribution in [1.82, 2.24) is 10.6 Å². The molecule has 2 amide bonds. The van der Waals surface area contributed by atoms with Crippen LogP contribution in [0.1, 0.15) is 28.3 Å². The largest absolute Gasteiger partial charge is 0.395 e. The number of hydrogen-bond donors (Lipinski definition) is 6. The van der Waals surface area contributed by atoms with Crippen LogP contribution >= 0.6 is 0 Å². The molecule has 218 valence electrons. The van der Waals surface area contributed by atoms with Crippen molar-refractivity contribution in [2.75, 3.05) is 13.2 Å². The van der Waals surface area contributed by atoms with Crippen LogP contribution < -0.4 is 10.6 Å². The first-order valence-corrected chi connectivity index (χ1v) is 13.5. The number of aliphatic hydroxyl groups excluding tert-OH is 4. The van der Waals surface area contributed by atoms with Crippen molar-refractivity contribution in [3.8, 4) is 0 Å². The van der Waals surface area contributed by atoms with Crippen molar-refractivity contribution in [2.45, 2.75) is 56.2 Å². The summed E-state index contributed by atoms with van der Waals surface area (Å²) < 4.78 is 11.6.